The molecule has 4 N–H and O–H groups in total. The molecule has 0 unspecified atom stereocenters. The number of amides is 1. The number of fused-ring (bicyclic) bond motifs is 1. The Kier molecular flexibility index (Phi) is 6.38. The number of hydrogen-bond acceptors (Lipinski definition) is 6. The number of halogens is 3. The van der Waals surface area contributed by atoms with E-state index in [4.69, 9.17) is 10.5 Å². The van der Waals surface area contributed by atoms with E-state index in [1.165, 1.54) is 24.3 Å². The SMILES string of the molecule is NC(=O)c1ccc(F)c(-c2n[nH]c3ccc(S(=O)(=O)c4cc(F)cc(F)c4)cc23)c1NC1CCOCC1. The molecule has 1 aliphatic rings. The number of carbonyl (C=O) groups excluding carboxylic acids is 1. The van der Waals surface area contributed by atoms with E-state index >= 15 is 4.39 Å². The van der Waals surface area contributed by atoms with E-state index in [1.807, 2.05) is 0 Å². The summed E-state index contributed by atoms with van der Waals surface area (Å²) in [5.74, 6) is -3.59. The maximum atomic E-state index is 15.4. The zero-order chi connectivity index (χ0) is 26.3. The van der Waals surface area contributed by atoms with Gasteiger partial charge < -0.3 is 15.8 Å². The van der Waals surface area contributed by atoms with Crippen molar-refractivity contribution < 1.29 is 31.1 Å². The van der Waals surface area contributed by atoms with Gasteiger partial charge in [-0.3, -0.25) is 9.89 Å². The van der Waals surface area contributed by atoms with Crippen molar-refractivity contribution in [2.24, 2.45) is 5.73 Å². The number of primary amides is 1. The van der Waals surface area contributed by atoms with Crippen LogP contribution in [0.2, 0.25) is 0 Å². The van der Waals surface area contributed by atoms with Gasteiger partial charge in [-0.05, 0) is 55.3 Å². The standard InChI is InChI=1S/C25H21F3N4O4S/c26-13-9-14(27)11-17(10-13)37(34,35)16-1-4-21-19(12-16)24(32-31-21)22-20(28)3-2-18(25(29)33)23(22)30-15-5-7-36-8-6-15/h1-4,9-12,15,30H,5-8H2,(H2,29,33)(H,31,32). The topological polar surface area (TPSA) is 127 Å². The van der Waals surface area contributed by atoms with Gasteiger partial charge in [0, 0.05) is 30.7 Å². The molecule has 3 aromatic carbocycles. The Balaban J connectivity index is 1.68. The number of benzene rings is 3. The van der Waals surface area contributed by atoms with E-state index in [-0.39, 0.29) is 38.8 Å². The second-order valence-electron chi connectivity index (χ2n) is 8.63. The Hall–Kier alpha value is -3.90. The molecule has 1 amide bonds. The summed E-state index contributed by atoms with van der Waals surface area (Å²) in [6.07, 6.45) is 1.23. The number of nitrogens with two attached hydrogens (primary N) is 1. The first kappa shape index (κ1) is 24.8. The van der Waals surface area contributed by atoms with E-state index < -0.39 is 38.1 Å². The third kappa shape index (κ3) is 4.65. The Morgan fingerprint density at radius 3 is 2.38 bits per heavy atom. The Morgan fingerprint density at radius 1 is 1.00 bits per heavy atom. The first-order chi connectivity index (χ1) is 17.6. The molecule has 8 nitrogen and oxygen atoms in total. The highest BCUT2D eigenvalue weighted by Gasteiger charge is 2.26. The largest absolute Gasteiger partial charge is 0.381 e. The van der Waals surface area contributed by atoms with Crippen LogP contribution in [0.5, 0.6) is 0 Å². The van der Waals surface area contributed by atoms with E-state index in [1.54, 1.807) is 0 Å². The van der Waals surface area contributed by atoms with Gasteiger partial charge in [0.05, 0.1) is 32.1 Å². The maximum absolute atomic E-state index is 15.4. The fourth-order valence-electron chi connectivity index (χ4n) is 4.38. The molecule has 1 saturated heterocycles. The summed E-state index contributed by atoms with van der Waals surface area (Å²) in [5, 5.41) is 10.4. The molecule has 12 heteroatoms. The fourth-order valence-corrected chi connectivity index (χ4v) is 5.71. The molecule has 0 saturated carbocycles. The number of sulfone groups is 1. The van der Waals surface area contributed by atoms with Gasteiger partial charge in [-0.1, -0.05) is 0 Å². The number of hydrogen-bond donors (Lipinski definition) is 3. The van der Waals surface area contributed by atoms with Crippen LogP contribution in [0.15, 0.2) is 58.3 Å². The smallest absolute Gasteiger partial charge is 0.250 e. The highest BCUT2D eigenvalue weighted by molar-refractivity contribution is 7.91. The highest BCUT2D eigenvalue weighted by atomic mass is 32.2. The quantitative estimate of drug-likeness (QED) is 0.343. The zero-order valence-corrected chi connectivity index (χ0v) is 20.0. The van der Waals surface area contributed by atoms with Crippen molar-refractivity contribution >= 4 is 32.3 Å². The Morgan fingerprint density at radius 2 is 1.70 bits per heavy atom. The molecule has 0 spiro atoms. The fraction of sp³-hybridized carbons (Fsp3) is 0.200. The minimum atomic E-state index is -4.34. The molecular formula is C25H21F3N4O4S. The second-order valence-corrected chi connectivity index (χ2v) is 10.6. The van der Waals surface area contributed by atoms with Crippen LogP contribution in [-0.2, 0) is 14.6 Å². The number of carbonyl (C=O) groups is 1. The predicted molar refractivity (Wildman–Crippen MR) is 129 cm³/mol. The van der Waals surface area contributed by atoms with E-state index in [0.29, 0.717) is 49.8 Å². The molecule has 1 aliphatic heterocycles. The summed E-state index contributed by atoms with van der Waals surface area (Å²) in [4.78, 5) is 11.4. The van der Waals surface area contributed by atoms with Gasteiger partial charge in [0.1, 0.15) is 23.1 Å². The minimum absolute atomic E-state index is 0.0348. The summed E-state index contributed by atoms with van der Waals surface area (Å²) in [7, 11) is -4.34. The third-order valence-corrected chi connectivity index (χ3v) is 7.95. The molecular weight excluding hydrogens is 509 g/mol. The summed E-state index contributed by atoms with van der Waals surface area (Å²) >= 11 is 0. The molecule has 0 bridgehead atoms. The predicted octanol–water partition coefficient (Wildman–Crippen LogP) is 4.17. The number of nitrogens with zero attached hydrogens (tertiary/aromatic N) is 1. The van der Waals surface area contributed by atoms with Gasteiger partial charge in [0.15, 0.2) is 0 Å². The summed E-state index contributed by atoms with van der Waals surface area (Å²) in [6, 6.07) is 8.12. The van der Waals surface area contributed by atoms with E-state index in [9.17, 15) is 22.0 Å². The maximum Gasteiger partial charge on any atom is 0.250 e. The lowest BCUT2D eigenvalue weighted by molar-refractivity contribution is 0.0904. The number of anilines is 1. The second kappa shape index (κ2) is 9.52. The summed E-state index contributed by atoms with van der Waals surface area (Å²) in [5.41, 5.74) is 6.09. The average molecular weight is 531 g/mol. The van der Waals surface area contributed by atoms with E-state index in [0.717, 1.165) is 6.07 Å². The van der Waals surface area contributed by atoms with Crippen molar-refractivity contribution in [1.29, 1.82) is 0 Å². The number of H-pyrrole nitrogens is 1. The number of ether oxygens (including phenoxy) is 1. The molecule has 5 rings (SSSR count). The molecule has 2 heterocycles. The van der Waals surface area contributed by atoms with Gasteiger partial charge in [-0.15, -0.1) is 0 Å². The van der Waals surface area contributed by atoms with Gasteiger partial charge >= 0.3 is 0 Å². The van der Waals surface area contributed by atoms with Crippen LogP contribution in [-0.4, -0.2) is 43.8 Å². The average Bonchev–Trinajstić information content (AvgIpc) is 3.27. The van der Waals surface area contributed by atoms with Crippen LogP contribution < -0.4 is 11.1 Å². The van der Waals surface area contributed by atoms with Crippen molar-refractivity contribution in [2.45, 2.75) is 28.7 Å². The zero-order valence-electron chi connectivity index (χ0n) is 19.2. The van der Waals surface area contributed by atoms with Gasteiger partial charge in [0.2, 0.25) is 9.84 Å². The number of rotatable bonds is 6. The molecule has 0 radical (unpaired) electrons. The molecule has 4 aromatic rings. The Labute approximate surface area is 209 Å². The lowest BCUT2D eigenvalue weighted by Gasteiger charge is -2.26. The Bertz CT molecular complexity index is 1610. The lowest BCUT2D eigenvalue weighted by Crippen LogP contribution is -2.29. The molecule has 192 valence electrons. The van der Waals surface area contributed by atoms with Crippen LogP contribution >= 0.6 is 0 Å². The molecule has 1 fully saturated rings. The number of aromatic amines is 1. The van der Waals surface area contributed by atoms with Crippen LogP contribution in [0.25, 0.3) is 22.2 Å². The number of aromatic nitrogens is 2. The number of nitrogens with one attached hydrogen (secondary N) is 2. The van der Waals surface area contributed by atoms with Crippen LogP contribution in [0, 0.1) is 17.5 Å². The lowest BCUT2D eigenvalue weighted by atomic mass is 9.98. The monoisotopic (exact) mass is 530 g/mol. The van der Waals surface area contributed by atoms with Crippen LogP contribution in [0.1, 0.15) is 23.2 Å². The minimum Gasteiger partial charge on any atom is -0.381 e. The normalized spacial score (nSPS) is 14.7. The van der Waals surface area contributed by atoms with Crippen molar-refractivity contribution in [3.63, 3.8) is 0 Å². The first-order valence-corrected chi connectivity index (χ1v) is 12.8. The third-order valence-electron chi connectivity index (χ3n) is 6.22. The van der Waals surface area contributed by atoms with Crippen molar-refractivity contribution in [1.82, 2.24) is 10.2 Å². The van der Waals surface area contributed by atoms with Crippen molar-refractivity contribution in [2.75, 3.05) is 18.5 Å². The van der Waals surface area contributed by atoms with Gasteiger partial charge in [-0.25, -0.2) is 21.6 Å². The van der Waals surface area contributed by atoms with E-state index in [2.05, 4.69) is 15.5 Å². The van der Waals surface area contributed by atoms with Crippen LogP contribution in [0.4, 0.5) is 18.9 Å². The molecule has 37 heavy (non-hydrogen) atoms. The molecule has 0 aliphatic carbocycles. The van der Waals surface area contributed by atoms with Crippen molar-refractivity contribution in [3.8, 4) is 11.3 Å². The summed E-state index contributed by atoms with van der Waals surface area (Å²) < 4.78 is 74.5. The molecule has 1 aromatic heterocycles. The summed E-state index contributed by atoms with van der Waals surface area (Å²) in [6.45, 7) is 0.975. The highest BCUT2D eigenvalue weighted by Crippen LogP contribution is 2.38. The van der Waals surface area contributed by atoms with Gasteiger partial charge in [0.25, 0.3) is 5.91 Å². The first-order valence-electron chi connectivity index (χ1n) is 11.3. The van der Waals surface area contributed by atoms with Crippen molar-refractivity contribution in [3.05, 3.63) is 71.5 Å². The van der Waals surface area contributed by atoms with Gasteiger partial charge in [-0.2, -0.15) is 5.10 Å². The molecule has 0 atom stereocenters. The van der Waals surface area contributed by atoms with Crippen LogP contribution in [0.3, 0.4) is 0 Å².